The van der Waals surface area contributed by atoms with E-state index >= 15 is 0 Å². The Hall–Kier alpha value is -3.03. The van der Waals surface area contributed by atoms with Gasteiger partial charge >= 0.3 is 0 Å². The minimum Gasteiger partial charge on any atom is -0.402 e. The lowest BCUT2D eigenvalue weighted by Gasteiger charge is -2.36. The van der Waals surface area contributed by atoms with E-state index in [1.165, 1.54) is 20.7 Å². The summed E-state index contributed by atoms with van der Waals surface area (Å²) in [5.74, 6) is 0. The molecule has 5 rings (SSSR count). The van der Waals surface area contributed by atoms with Crippen molar-refractivity contribution in [3.05, 3.63) is 133 Å². The molecule has 0 spiro atoms. The molecule has 0 saturated heterocycles. The Morgan fingerprint density at radius 1 is 0.375 bits per heavy atom. The highest BCUT2D eigenvalue weighted by Gasteiger charge is 2.44. The molecule has 4 aromatic carbocycles. The molecule has 4 aromatic rings. The zero-order chi connectivity index (χ0) is 21.7. The van der Waals surface area contributed by atoms with Gasteiger partial charge in [-0.1, -0.05) is 133 Å². The van der Waals surface area contributed by atoms with E-state index in [9.17, 15) is 0 Å². The Bertz CT molecular complexity index is 989. The van der Waals surface area contributed by atoms with Gasteiger partial charge in [-0.3, -0.25) is 0 Å². The van der Waals surface area contributed by atoms with Gasteiger partial charge in [0.05, 0.1) is 13.2 Å². The summed E-state index contributed by atoms with van der Waals surface area (Å²) in [6.45, 7) is 1.13. The van der Waals surface area contributed by atoms with Crippen molar-refractivity contribution in [2.45, 2.75) is 0 Å². The summed E-state index contributed by atoms with van der Waals surface area (Å²) in [4.78, 5) is 0. The molecule has 0 aliphatic carbocycles. The molecule has 0 N–H and O–H groups in total. The molecule has 32 heavy (non-hydrogen) atoms. The van der Waals surface area contributed by atoms with Gasteiger partial charge in [-0.05, 0) is 20.7 Å². The van der Waals surface area contributed by atoms with E-state index in [-0.39, 0.29) is 0 Å². The predicted octanol–water partition coefficient (Wildman–Crippen LogP) is 3.19. The van der Waals surface area contributed by atoms with Crippen LogP contribution in [0.5, 0.6) is 0 Å². The number of hydrogen-bond donors (Lipinski definition) is 0. The summed E-state index contributed by atoms with van der Waals surface area (Å²) < 4.78 is 13.5. The van der Waals surface area contributed by atoms with E-state index in [0.29, 0.717) is 13.2 Å². The monoisotopic (exact) mass is 450 g/mol. The smallest absolute Gasteiger partial charge is 0.280 e. The molecule has 0 amide bonds. The van der Waals surface area contributed by atoms with Crippen LogP contribution in [0.4, 0.5) is 0 Å². The van der Waals surface area contributed by atoms with Crippen molar-refractivity contribution in [3.63, 3.8) is 0 Å². The van der Waals surface area contributed by atoms with Crippen molar-refractivity contribution in [2.75, 3.05) is 13.2 Å². The van der Waals surface area contributed by atoms with E-state index < -0.39 is 16.6 Å². The number of benzene rings is 4. The van der Waals surface area contributed by atoms with Gasteiger partial charge < -0.3 is 8.85 Å². The summed E-state index contributed by atoms with van der Waals surface area (Å²) in [5, 5.41) is 5.03. The van der Waals surface area contributed by atoms with Crippen LogP contribution >= 0.6 is 0 Å². The van der Waals surface area contributed by atoms with Gasteiger partial charge in [0.2, 0.25) is 0 Å². The molecule has 1 aliphatic rings. The van der Waals surface area contributed by atoms with Crippen molar-refractivity contribution in [1.29, 1.82) is 0 Å². The molecule has 0 saturated carbocycles. The minimum atomic E-state index is -2.60. The maximum absolute atomic E-state index is 6.76. The van der Waals surface area contributed by atoms with Gasteiger partial charge in [0.15, 0.2) is 0 Å². The third-order valence-corrected chi connectivity index (χ3v) is 13.8. The zero-order valence-corrected chi connectivity index (χ0v) is 19.9. The molecule has 0 bridgehead atoms. The normalized spacial score (nSPS) is 18.2. The molecule has 0 unspecified atom stereocenters. The van der Waals surface area contributed by atoms with Crippen molar-refractivity contribution in [1.82, 2.24) is 0 Å². The second kappa shape index (κ2) is 9.22. The molecular weight excluding hydrogens is 424 g/mol. The van der Waals surface area contributed by atoms with Crippen molar-refractivity contribution in [2.24, 2.45) is 0 Å². The Labute approximate surface area is 192 Å². The minimum absolute atomic E-state index is 0.564. The summed E-state index contributed by atoms with van der Waals surface area (Å²) >= 11 is 0. The lowest BCUT2D eigenvalue weighted by atomic mass is 10.4. The second-order valence-electron chi connectivity index (χ2n) is 7.97. The van der Waals surface area contributed by atoms with Crippen LogP contribution in [0.3, 0.4) is 0 Å². The molecular formula is C28H26O2Si2. The van der Waals surface area contributed by atoms with Crippen molar-refractivity contribution >= 4 is 37.4 Å². The predicted molar refractivity (Wildman–Crippen MR) is 137 cm³/mol. The van der Waals surface area contributed by atoms with Crippen LogP contribution in [0.15, 0.2) is 133 Å². The van der Waals surface area contributed by atoms with E-state index in [4.69, 9.17) is 8.85 Å². The molecule has 1 heterocycles. The molecule has 0 atom stereocenters. The Balaban J connectivity index is 1.75. The zero-order valence-electron chi connectivity index (χ0n) is 17.9. The highest BCUT2D eigenvalue weighted by Crippen LogP contribution is 2.18. The van der Waals surface area contributed by atoms with Gasteiger partial charge in [0.1, 0.15) is 0 Å². The first kappa shape index (κ1) is 20.9. The third-order valence-electron chi connectivity index (χ3n) is 6.11. The fourth-order valence-electron chi connectivity index (χ4n) is 4.53. The average Bonchev–Trinajstić information content (AvgIpc) is 2.87. The highest BCUT2D eigenvalue weighted by atomic mass is 28.4. The largest absolute Gasteiger partial charge is 0.402 e. The molecule has 0 radical (unpaired) electrons. The third kappa shape index (κ3) is 3.83. The molecule has 1 aliphatic heterocycles. The van der Waals surface area contributed by atoms with Crippen molar-refractivity contribution < 1.29 is 8.85 Å². The molecule has 2 nitrogen and oxygen atoms in total. The van der Waals surface area contributed by atoms with Crippen LogP contribution in [0.1, 0.15) is 0 Å². The van der Waals surface area contributed by atoms with Gasteiger partial charge in [0, 0.05) is 0 Å². The summed E-state index contributed by atoms with van der Waals surface area (Å²) in [6, 6.07) is 42.8. The second-order valence-corrected chi connectivity index (χ2v) is 14.5. The highest BCUT2D eigenvalue weighted by molar-refractivity contribution is 7.05. The van der Waals surface area contributed by atoms with Crippen LogP contribution in [0.25, 0.3) is 0 Å². The van der Waals surface area contributed by atoms with Gasteiger partial charge in [-0.15, -0.1) is 0 Å². The molecule has 0 aromatic heterocycles. The van der Waals surface area contributed by atoms with Crippen LogP contribution in [0, 0.1) is 0 Å². The lowest BCUT2D eigenvalue weighted by molar-refractivity contribution is 0.216. The SMILES string of the molecule is C1=C\[Si](c2ccccc2)(c2ccccc2)OCCO[Si]/1(c1ccccc1)c1ccccc1. The summed E-state index contributed by atoms with van der Waals surface area (Å²) in [6.07, 6.45) is 0. The topological polar surface area (TPSA) is 18.5 Å². The quantitative estimate of drug-likeness (QED) is 0.445. The molecule has 4 heteroatoms. The first-order chi connectivity index (χ1) is 15.8. The van der Waals surface area contributed by atoms with E-state index in [1.54, 1.807) is 0 Å². The maximum atomic E-state index is 6.76. The average molecular weight is 451 g/mol. The van der Waals surface area contributed by atoms with Crippen LogP contribution < -0.4 is 20.7 Å². The van der Waals surface area contributed by atoms with Crippen LogP contribution in [-0.4, -0.2) is 29.8 Å². The van der Waals surface area contributed by atoms with E-state index in [2.05, 4.69) is 133 Å². The fraction of sp³-hybridized carbons (Fsp3) is 0.0714. The van der Waals surface area contributed by atoms with E-state index in [1.807, 2.05) is 0 Å². The first-order valence-electron chi connectivity index (χ1n) is 11.0. The van der Waals surface area contributed by atoms with Gasteiger partial charge in [-0.25, -0.2) is 0 Å². The Kier molecular flexibility index (Phi) is 6.01. The van der Waals surface area contributed by atoms with Gasteiger partial charge in [0.25, 0.3) is 16.6 Å². The lowest BCUT2D eigenvalue weighted by Crippen LogP contribution is -2.65. The molecule has 0 fully saturated rings. The standard InChI is InChI=1S/C28H26O2Si2/c1-5-13-25(14-6-1)31(26-15-7-2-8-16-26)23-24-32(30-22-21-29-31,27-17-9-3-10-18-27)28-19-11-4-12-20-28/h1-20,23-24H,21-22H2/b24-23-. The summed E-state index contributed by atoms with van der Waals surface area (Å²) in [5.41, 5.74) is 4.76. The van der Waals surface area contributed by atoms with Crippen LogP contribution in [-0.2, 0) is 8.85 Å². The van der Waals surface area contributed by atoms with E-state index in [0.717, 1.165) is 0 Å². The number of hydrogen-bond acceptors (Lipinski definition) is 2. The Morgan fingerprint density at radius 2 is 0.625 bits per heavy atom. The first-order valence-corrected chi connectivity index (χ1v) is 15.0. The van der Waals surface area contributed by atoms with Gasteiger partial charge in [-0.2, -0.15) is 0 Å². The molecule has 158 valence electrons. The van der Waals surface area contributed by atoms with Crippen molar-refractivity contribution in [3.8, 4) is 0 Å². The summed E-state index contributed by atoms with van der Waals surface area (Å²) in [7, 11) is -5.20. The fourth-order valence-corrected chi connectivity index (χ4v) is 12.3. The van der Waals surface area contributed by atoms with Crippen LogP contribution in [0.2, 0.25) is 0 Å². The number of rotatable bonds is 4. The maximum Gasteiger partial charge on any atom is 0.280 e. The Morgan fingerprint density at radius 3 is 0.875 bits per heavy atom.